The number of allylic oxidation sites excluding steroid dienone is 1. The van der Waals surface area contributed by atoms with Crippen molar-refractivity contribution < 1.29 is 19.1 Å². The molecule has 0 saturated carbocycles. The Balaban J connectivity index is 2.71. The summed E-state index contributed by atoms with van der Waals surface area (Å²) >= 11 is 0. The monoisotopic (exact) mass is 250 g/mol. The molecule has 0 radical (unpaired) electrons. The zero-order valence-corrected chi connectivity index (χ0v) is 10.8. The highest BCUT2D eigenvalue weighted by Gasteiger charge is 2.25. The molecule has 1 atom stereocenters. The first-order chi connectivity index (χ1) is 8.41. The van der Waals surface area contributed by atoms with Crippen LogP contribution in [-0.4, -0.2) is 18.0 Å². The van der Waals surface area contributed by atoms with Crippen molar-refractivity contribution in [2.75, 3.05) is 0 Å². The van der Waals surface area contributed by atoms with Gasteiger partial charge >= 0.3 is 11.9 Å². The lowest BCUT2D eigenvalue weighted by atomic mass is 10.0. The maximum Gasteiger partial charge on any atom is 0.338 e. The molecule has 0 amide bonds. The second-order valence-electron chi connectivity index (χ2n) is 4.38. The summed E-state index contributed by atoms with van der Waals surface area (Å²) in [5.41, 5.74) is 0.637. The van der Waals surface area contributed by atoms with Gasteiger partial charge in [0.25, 0.3) is 0 Å². The number of esters is 2. The van der Waals surface area contributed by atoms with E-state index in [4.69, 9.17) is 9.47 Å². The van der Waals surface area contributed by atoms with Crippen molar-refractivity contribution in [1.29, 1.82) is 0 Å². The van der Waals surface area contributed by atoms with Gasteiger partial charge in [-0.05, 0) is 39.2 Å². The molecular formula is C14H18O4. The third-order valence-electron chi connectivity index (χ3n) is 2.49. The topological polar surface area (TPSA) is 52.6 Å². The number of hydrogen-bond acceptors (Lipinski definition) is 4. The normalized spacial score (nSPS) is 18.6. The van der Waals surface area contributed by atoms with Gasteiger partial charge in [0, 0.05) is 11.1 Å². The molecule has 98 valence electrons. The van der Waals surface area contributed by atoms with E-state index in [1.54, 1.807) is 19.9 Å². The Morgan fingerprint density at radius 1 is 1.22 bits per heavy atom. The average molecular weight is 250 g/mol. The summed E-state index contributed by atoms with van der Waals surface area (Å²) in [4.78, 5) is 22.9. The van der Waals surface area contributed by atoms with E-state index in [1.807, 2.05) is 0 Å². The molecule has 4 heteroatoms. The van der Waals surface area contributed by atoms with E-state index < -0.39 is 18.0 Å². The minimum absolute atomic E-state index is 0.312. The van der Waals surface area contributed by atoms with E-state index >= 15 is 0 Å². The van der Waals surface area contributed by atoms with Crippen molar-refractivity contribution in [3.05, 3.63) is 36.1 Å². The highest BCUT2D eigenvalue weighted by molar-refractivity contribution is 5.88. The van der Waals surface area contributed by atoms with Gasteiger partial charge in [0.15, 0.2) is 6.10 Å². The maximum absolute atomic E-state index is 11.5. The second kappa shape index (κ2) is 6.19. The Bertz CT molecular complexity index is 418. The molecular weight excluding hydrogens is 232 g/mol. The van der Waals surface area contributed by atoms with Crippen LogP contribution in [0.3, 0.4) is 0 Å². The molecule has 1 aliphatic carbocycles. The minimum atomic E-state index is -0.508. The zero-order chi connectivity index (χ0) is 13.7. The third kappa shape index (κ3) is 3.87. The maximum atomic E-state index is 11.5. The lowest BCUT2D eigenvalue weighted by Crippen LogP contribution is -2.26. The fourth-order valence-corrected chi connectivity index (χ4v) is 1.47. The number of carbonyl (C=O) groups excluding carboxylic acids is 2. The van der Waals surface area contributed by atoms with Crippen LogP contribution < -0.4 is 0 Å². The van der Waals surface area contributed by atoms with Crippen LogP contribution in [0, 0.1) is 0 Å². The van der Waals surface area contributed by atoms with Crippen LogP contribution in [0.15, 0.2) is 36.1 Å². The van der Waals surface area contributed by atoms with Gasteiger partial charge in [-0.2, -0.15) is 0 Å². The number of hydrogen-bond donors (Lipinski definition) is 0. The Kier molecular flexibility index (Phi) is 4.89. The van der Waals surface area contributed by atoms with E-state index in [0.29, 0.717) is 23.3 Å². The number of rotatable bonds is 4. The highest BCUT2D eigenvalue weighted by Crippen LogP contribution is 2.23. The predicted octanol–water partition coefficient (Wildman–Crippen LogP) is 2.66. The van der Waals surface area contributed by atoms with Crippen molar-refractivity contribution in [3.63, 3.8) is 0 Å². The SMILES string of the molecule is C=C(C)C(=O)OC1=CCCCC1OC(=O)C(=C)C. The van der Waals surface area contributed by atoms with Gasteiger partial charge in [0.05, 0.1) is 0 Å². The molecule has 18 heavy (non-hydrogen) atoms. The standard InChI is InChI=1S/C14H18O4/c1-9(2)13(15)17-11-7-5-6-8-12(11)18-14(16)10(3)4/h7,12H,1,3,5-6,8H2,2,4H3. The fourth-order valence-electron chi connectivity index (χ4n) is 1.47. The van der Waals surface area contributed by atoms with Crippen LogP contribution in [0.25, 0.3) is 0 Å². The molecule has 4 nitrogen and oxygen atoms in total. The van der Waals surface area contributed by atoms with Crippen LogP contribution in [0.5, 0.6) is 0 Å². The average Bonchev–Trinajstić information content (AvgIpc) is 2.31. The van der Waals surface area contributed by atoms with Gasteiger partial charge in [0.2, 0.25) is 0 Å². The van der Waals surface area contributed by atoms with Crippen LogP contribution in [0.1, 0.15) is 33.1 Å². The largest absolute Gasteiger partial charge is 0.451 e. The van der Waals surface area contributed by atoms with Gasteiger partial charge in [-0.15, -0.1) is 0 Å². The van der Waals surface area contributed by atoms with Crippen molar-refractivity contribution in [2.24, 2.45) is 0 Å². The fraction of sp³-hybridized carbons (Fsp3) is 0.429. The van der Waals surface area contributed by atoms with Crippen LogP contribution in [0.2, 0.25) is 0 Å². The molecule has 0 aliphatic heterocycles. The molecule has 0 fully saturated rings. The molecule has 0 spiro atoms. The molecule has 0 bridgehead atoms. The summed E-state index contributed by atoms with van der Waals surface area (Å²) in [6.07, 6.45) is 3.61. The van der Waals surface area contributed by atoms with Crippen LogP contribution >= 0.6 is 0 Å². The van der Waals surface area contributed by atoms with Gasteiger partial charge in [-0.1, -0.05) is 13.2 Å². The first-order valence-electron chi connectivity index (χ1n) is 5.86. The molecule has 0 aromatic heterocycles. The quantitative estimate of drug-likeness (QED) is 0.568. The molecule has 1 aliphatic rings. The zero-order valence-electron chi connectivity index (χ0n) is 10.8. The number of ether oxygens (including phenoxy) is 2. The van der Waals surface area contributed by atoms with E-state index in [0.717, 1.165) is 12.8 Å². The van der Waals surface area contributed by atoms with Gasteiger partial charge in [-0.3, -0.25) is 0 Å². The Morgan fingerprint density at radius 3 is 2.39 bits per heavy atom. The van der Waals surface area contributed by atoms with E-state index in [1.165, 1.54) is 0 Å². The molecule has 0 saturated heterocycles. The lowest BCUT2D eigenvalue weighted by Gasteiger charge is -2.23. The Morgan fingerprint density at radius 2 is 1.83 bits per heavy atom. The number of carbonyl (C=O) groups is 2. The van der Waals surface area contributed by atoms with Crippen LogP contribution in [-0.2, 0) is 19.1 Å². The first-order valence-corrected chi connectivity index (χ1v) is 5.86. The van der Waals surface area contributed by atoms with E-state index in [9.17, 15) is 9.59 Å². The van der Waals surface area contributed by atoms with Crippen molar-refractivity contribution >= 4 is 11.9 Å². The lowest BCUT2D eigenvalue weighted by molar-refractivity contribution is -0.149. The second-order valence-corrected chi connectivity index (χ2v) is 4.38. The molecule has 0 aromatic rings. The molecule has 1 rings (SSSR count). The molecule has 0 aromatic carbocycles. The van der Waals surface area contributed by atoms with Gasteiger partial charge in [0.1, 0.15) is 5.76 Å². The molecule has 0 N–H and O–H groups in total. The highest BCUT2D eigenvalue weighted by atomic mass is 16.6. The molecule has 1 unspecified atom stereocenters. The Hall–Kier alpha value is -1.84. The van der Waals surface area contributed by atoms with Crippen molar-refractivity contribution in [1.82, 2.24) is 0 Å². The first kappa shape index (κ1) is 14.2. The summed E-state index contributed by atoms with van der Waals surface area (Å²) in [5, 5.41) is 0. The summed E-state index contributed by atoms with van der Waals surface area (Å²) in [6, 6.07) is 0. The minimum Gasteiger partial charge on any atom is -0.451 e. The summed E-state index contributed by atoms with van der Waals surface area (Å²) in [5.74, 6) is -0.581. The summed E-state index contributed by atoms with van der Waals surface area (Å²) < 4.78 is 10.4. The van der Waals surface area contributed by atoms with Gasteiger partial charge in [-0.25, -0.2) is 9.59 Å². The summed E-state index contributed by atoms with van der Waals surface area (Å²) in [6.45, 7) is 10.2. The molecule has 0 heterocycles. The Labute approximate surface area is 107 Å². The predicted molar refractivity (Wildman–Crippen MR) is 67.5 cm³/mol. The van der Waals surface area contributed by atoms with E-state index in [2.05, 4.69) is 13.2 Å². The van der Waals surface area contributed by atoms with Crippen LogP contribution in [0.4, 0.5) is 0 Å². The van der Waals surface area contributed by atoms with Gasteiger partial charge < -0.3 is 9.47 Å². The smallest absolute Gasteiger partial charge is 0.338 e. The van der Waals surface area contributed by atoms with E-state index in [-0.39, 0.29) is 0 Å². The van der Waals surface area contributed by atoms with Crippen molar-refractivity contribution in [2.45, 2.75) is 39.2 Å². The summed E-state index contributed by atoms with van der Waals surface area (Å²) in [7, 11) is 0. The van der Waals surface area contributed by atoms with Crippen molar-refractivity contribution in [3.8, 4) is 0 Å². The third-order valence-corrected chi connectivity index (χ3v) is 2.49.